The Bertz CT molecular complexity index is 1120. The second-order valence-electron chi connectivity index (χ2n) is 5.68. The first-order valence-corrected chi connectivity index (χ1v) is 8.12. The van der Waals surface area contributed by atoms with E-state index in [-0.39, 0.29) is 5.82 Å². The molecule has 8 heteroatoms. The van der Waals surface area contributed by atoms with Crippen LogP contribution in [-0.2, 0) is 0 Å². The van der Waals surface area contributed by atoms with Crippen molar-refractivity contribution in [1.29, 1.82) is 0 Å². The summed E-state index contributed by atoms with van der Waals surface area (Å²) in [5.41, 5.74) is 1.61. The fourth-order valence-electron chi connectivity index (χ4n) is 2.73. The summed E-state index contributed by atoms with van der Waals surface area (Å²) in [6.45, 7) is 0. The summed E-state index contributed by atoms with van der Waals surface area (Å²) < 4.78 is 27.2. The molecular weight excluding hydrogens is 349 g/mol. The lowest BCUT2D eigenvalue weighted by Gasteiger charge is -2.09. The standard InChI is InChI=1S/C19H16FN5O2/c1-26-16-8-7-15(9-17(16)27-2)24-11-18(25-19(24)22-12-23-25)21-10-13-3-5-14(20)6-4-13/h3-12H,1-2H3/b21-10+. The van der Waals surface area contributed by atoms with Crippen LogP contribution in [0.3, 0.4) is 0 Å². The van der Waals surface area contributed by atoms with Gasteiger partial charge in [0.2, 0.25) is 5.78 Å². The summed E-state index contributed by atoms with van der Waals surface area (Å²) in [4.78, 5) is 8.76. The van der Waals surface area contributed by atoms with E-state index in [0.717, 1.165) is 11.3 Å². The highest BCUT2D eigenvalue weighted by Crippen LogP contribution is 2.30. The molecule has 4 rings (SSSR count). The van der Waals surface area contributed by atoms with Crippen molar-refractivity contribution in [3.05, 3.63) is 66.4 Å². The summed E-state index contributed by atoms with van der Waals surface area (Å²) >= 11 is 0. The van der Waals surface area contributed by atoms with E-state index in [9.17, 15) is 4.39 Å². The molecule has 0 aliphatic carbocycles. The zero-order valence-electron chi connectivity index (χ0n) is 14.7. The van der Waals surface area contributed by atoms with Gasteiger partial charge < -0.3 is 9.47 Å². The topological polar surface area (TPSA) is 65.9 Å². The SMILES string of the molecule is COc1ccc(-n2cc(/N=C/c3ccc(F)cc3)n3ncnc23)cc1OC. The van der Waals surface area contributed by atoms with E-state index in [1.54, 1.807) is 37.1 Å². The number of hydrogen-bond acceptors (Lipinski definition) is 5. The van der Waals surface area contributed by atoms with Gasteiger partial charge in [-0.15, -0.1) is 0 Å². The van der Waals surface area contributed by atoms with Crippen molar-refractivity contribution < 1.29 is 13.9 Å². The number of imidazole rings is 1. The molecule has 0 spiro atoms. The van der Waals surface area contributed by atoms with E-state index in [1.807, 2.05) is 29.0 Å². The van der Waals surface area contributed by atoms with Gasteiger partial charge in [-0.25, -0.2) is 9.38 Å². The molecule has 0 saturated heterocycles. The Morgan fingerprint density at radius 2 is 1.81 bits per heavy atom. The number of ether oxygens (including phenoxy) is 2. The molecule has 4 aromatic rings. The van der Waals surface area contributed by atoms with Gasteiger partial charge >= 0.3 is 0 Å². The van der Waals surface area contributed by atoms with E-state index in [1.165, 1.54) is 18.5 Å². The highest BCUT2D eigenvalue weighted by molar-refractivity contribution is 5.81. The molecule has 2 aromatic carbocycles. The Labute approximate surface area is 154 Å². The highest BCUT2D eigenvalue weighted by atomic mass is 19.1. The molecule has 0 aliphatic rings. The third-order valence-corrected chi connectivity index (χ3v) is 4.07. The van der Waals surface area contributed by atoms with Gasteiger partial charge in [0, 0.05) is 12.3 Å². The number of fused-ring (bicyclic) bond motifs is 1. The lowest BCUT2D eigenvalue weighted by atomic mass is 10.2. The zero-order valence-corrected chi connectivity index (χ0v) is 14.7. The minimum atomic E-state index is -0.287. The minimum Gasteiger partial charge on any atom is -0.493 e. The molecule has 0 amide bonds. The number of methoxy groups -OCH3 is 2. The number of rotatable bonds is 5. The summed E-state index contributed by atoms with van der Waals surface area (Å²) in [6, 6.07) is 11.7. The second kappa shape index (κ2) is 6.91. The van der Waals surface area contributed by atoms with Gasteiger partial charge in [-0.1, -0.05) is 12.1 Å². The number of aromatic nitrogens is 4. The normalized spacial score (nSPS) is 11.4. The van der Waals surface area contributed by atoms with Crippen LogP contribution in [0.5, 0.6) is 11.5 Å². The third kappa shape index (κ3) is 3.12. The maximum absolute atomic E-state index is 13.0. The van der Waals surface area contributed by atoms with Gasteiger partial charge in [-0.3, -0.25) is 4.57 Å². The maximum Gasteiger partial charge on any atom is 0.239 e. The predicted octanol–water partition coefficient (Wildman–Crippen LogP) is 3.43. The molecular formula is C19H16FN5O2. The molecule has 0 N–H and O–H groups in total. The van der Waals surface area contributed by atoms with Gasteiger partial charge in [-0.2, -0.15) is 14.6 Å². The van der Waals surface area contributed by atoms with Gasteiger partial charge in [0.25, 0.3) is 0 Å². The van der Waals surface area contributed by atoms with E-state index < -0.39 is 0 Å². The number of nitrogens with zero attached hydrogens (tertiary/aromatic N) is 5. The molecule has 0 fully saturated rings. The maximum atomic E-state index is 13.0. The van der Waals surface area contributed by atoms with Crippen molar-refractivity contribution in [1.82, 2.24) is 19.2 Å². The Morgan fingerprint density at radius 1 is 1.04 bits per heavy atom. The molecule has 0 unspecified atom stereocenters. The summed E-state index contributed by atoms with van der Waals surface area (Å²) in [5, 5.41) is 4.22. The van der Waals surface area contributed by atoms with Crippen LogP contribution in [0.4, 0.5) is 10.2 Å². The van der Waals surface area contributed by atoms with Crippen molar-refractivity contribution in [2.24, 2.45) is 4.99 Å². The van der Waals surface area contributed by atoms with Crippen LogP contribution in [0.2, 0.25) is 0 Å². The van der Waals surface area contributed by atoms with Crippen molar-refractivity contribution in [3.8, 4) is 17.2 Å². The first-order chi connectivity index (χ1) is 13.2. The smallest absolute Gasteiger partial charge is 0.239 e. The van der Waals surface area contributed by atoms with Crippen molar-refractivity contribution in [3.63, 3.8) is 0 Å². The number of benzene rings is 2. The lowest BCUT2D eigenvalue weighted by Crippen LogP contribution is -1.96. The summed E-state index contributed by atoms with van der Waals surface area (Å²) in [6.07, 6.45) is 4.93. The van der Waals surface area contributed by atoms with E-state index in [0.29, 0.717) is 23.1 Å². The monoisotopic (exact) mass is 365 g/mol. The number of hydrogen-bond donors (Lipinski definition) is 0. The molecule has 136 valence electrons. The van der Waals surface area contributed by atoms with Gasteiger partial charge in [0.15, 0.2) is 17.3 Å². The Balaban J connectivity index is 1.75. The molecule has 2 aromatic heterocycles. The van der Waals surface area contributed by atoms with E-state index in [2.05, 4.69) is 15.1 Å². The fourth-order valence-corrected chi connectivity index (χ4v) is 2.73. The van der Waals surface area contributed by atoms with Crippen molar-refractivity contribution in [2.75, 3.05) is 14.2 Å². The average molecular weight is 365 g/mol. The van der Waals surface area contributed by atoms with Crippen LogP contribution in [0.1, 0.15) is 5.56 Å². The lowest BCUT2D eigenvalue weighted by molar-refractivity contribution is 0.355. The largest absolute Gasteiger partial charge is 0.493 e. The van der Waals surface area contributed by atoms with Gasteiger partial charge in [0.1, 0.15) is 12.1 Å². The quantitative estimate of drug-likeness (QED) is 0.508. The summed E-state index contributed by atoms with van der Waals surface area (Å²) in [5.74, 6) is 2.15. The van der Waals surface area contributed by atoms with Crippen LogP contribution < -0.4 is 9.47 Å². The molecule has 0 bridgehead atoms. The fraction of sp³-hybridized carbons (Fsp3) is 0.105. The zero-order chi connectivity index (χ0) is 18.8. The average Bonchev–Trinajstić information content (AvgIpc) is 3.30. The summed E-state index contributed by atoms with van der Waals surface area (Å²) in [7, 11) is 3.18. The van der Waals surface area contributed by atoms with Crippen LogP contribution >= 0.6 is 0 Å². The Morgan fingerprint density at radius 3 is 2.56 bits per heavy atom. The van der Waals surface area contributed by atoms with E-state index >= 15 is 0 Å². The molecule has 0 radical (unpaired) electrons. The predicted molar refractivity (Wildman–Crippen MR) is 99.1 cm³/mol. The van der Waals surface area contributed by atoms with Crippen molar-refractivity contribution in [2.45, 2.75) is 0 Å². The van der Waals surface area contributed by atoms with Gasteiger partial charge in [-0.05, 0) is 29.8 Å². The van der Waals surface area contributed by atoms with Crippen LogP contribution in [0.15, 0.2) is 60.0 Å². The Kier molecular flexibility index (Phi) is 4.29. The first-order valence-electron chi connectivity index (χ1n) is 8.12. The number of halogens is 1. The minimum absolute atomic E-state index is 0.287. The molecule has 0 saturated carbocycles. The number of aliphatic imine (C=N–C) groups is 1. The van der Waals surface area contributed by atoms with Gasteiger partial charge in [0.05, 0.1) is 26.1 Å². The molecule has 2 heterocycles. The van der Waals surface area contributed by atoms with Crippen LogP contribution in [0.25, 0.3) is 11.5 Å². The second-order valence-corrected chi connectivity index (χ2v) is 5.68. The highest BCUT2D eigenvalue weighted by Gasteiger charge is 2.13. The van der Waals surface area contributed by atoms with E-state index in [4.69, 9.17) is 9.47 Å². The molecule has 7 nitrogen and oxygen atoms in total. The Hall–Kier alpha value is -3.68. The molecule has 0 aliphatic heterocycles. The molecule has 0 atom stereocenters. The third-order valence-electron chi connectivity index (χ3n) is 4.07. The molecule has 27 heavy (non-hydrogen) atoms. The first kappa shape index (κ1) is 16.8. The van der Waals surface area contributed by atoms with Crippen molar-refractivity contribution >= 4 is 17.8 Å². The van der Waals surface area contributed by atoms with Crippen LogP contribution in [0, 0.1) is 5.82 Å². The van der Waals surface area contributed by atoms with Crippen LogP contribution in [-0.4, -0.2) is 39.6 Å².